The maximum atomic E-state index is 15.5. The van der Waals surface area contributed by atoms with Crippen LogP contribution < -0.4 is 86.3 Å². The fourth-order valence-corrected chi connectivity index (χ4v) is 14.4. The minimum absolute atomic E-state index is 0.0934. The topological polar surface area (TPSA) is 576 Å². The molecule has 1 aliphatic rings. The number of aliphatic hydroxyl groups excluding tert-OH is 3. The molecule has 0 aliphatic carbocycles. The lowest BCUT2D eigenvalue weighted by atomic mass is 10.0. The minimum atomic E-state index is -2.02. The van der Waals surface area contributed by atoms with Crippen molar-refractivity contribution in [3.63, 3.8) is 0 Å². The molecule has 628 valence electrons. The molecule has 2 unspecified atom stereocenters. The van der Waals surface area contributed by atoms with Crippen LogP contribution in [-0.2, 0) is 97.6 Å². The highest BCUT2D eigenvalue weighted by atomic mass is 33.1. The molecule has 1 fully saturated rings. The van der Waals surface area contributed by atoms with E-state index in [2.05, 4.69) is 69.1 Å². The van der Waals surface area contributed by atoms with Gasteiger partial charge in [-0.2, -0.15) is 0 Å². The van der Waals surface area contributed by atoms with Crippen LogP contribution in [0.1, 0.15) is 74.9 Å². The average Bonchev–Trinajstić information content (AvgIpc) is 1.71. The molecule has 0 radical (unpaired) electrons. The maximum Gasteiger partial charge on any atom is 0.327 e. The van der Waals surface area contributed by atoms with E-state index in [0.29, 0.717) is 27.6 Å². The standard InChI is InChI=1S/C78H98FN17O19S2/c1-42(81)66(102)83-38-62(101)84-58-40-116-117-41-59(78(114)115)92-73(109)57(39-97)91-76(112)64(44(3)99)94-70(106)53(34-46-19-9-5-10-20-46)89-75(111)63(43(2)98)93-71(107)54(36-48-26-28-50(79)29-27-48)90-77(113)65(96-32-30-49-23-13-14-25-60(49)96)95-72(108)55(35-47-21-11-6-12-22-47)87-68(104)52(33-45-17-7-4-8-18-45)86-69(105)56(37-61(82)100)88-67(103)51(85-74(58)110)24-15-16-31-80/h4-14,17-23,25-30,32,42-44,51-59,63-65,97-99H,15-16,24,31,33-41,80-81H2,1-3H3,(H2,82,100)(H,83,102)(H,84,101)(H,85,110)(H,86,105)(H,87,104)(H,88,103)(H,89,111)(H,90,113)(H,91,112)(H,92,109)(H,93,107)(H,94,106)(H,95,108)(H,114,115)/t42-,43?,44?,51-,52-,53-,54-,55-,56-,57-,58-,59-,63+,64-,65-/m0/s1. The number of hydrogen-bond donors (Lipinski definition) is 20. The first-order valence-corrected chi connectivity index (χ1v) is 39.8. The molecule has 0 bridgehead atoms. The lowest BCUT2D eigenvalue weighted by Gasteiger charge is -2.30. The van der Waals surface area contributed by atoms with Crippen LogP contribution in [-0.4, -0.2) is 230 Å². The number of carboxylic acid groups (broad SMARTS) is 1. The molecule has 6 aromatic rings. The number of aromatic nitrogens is 1. The largest absolute Gasteiger partial charge is 0.480 e. The summed E-state index contributed by atoms with van der Waals surface area (Å²) < 4.78 is 15.9. The molecule has 7 rings (SSSR count). The van der Waals surface area contributed by atoms with Crippen LogP contribution in [0.25, 0.3) is 10.9 Å². The molecule has 39 heteroatoms. The van der Waals surface area contributed by atoms with E-state index in [-0.39, 0.29) is 50.6 Å². The highest BCUT2D eigenvalue weighted by Crippen LogP contribution is 2.25. The first-order valence-electron chi connectivity index (χ1n) is 37.3. The number of unbranched alkanes of at least 4 members (excludes halogenated alkanes) is 1. The van der Waals surface area contributed by atoms with Crippen LogP contribution in [0, 0.1) is 5.82 Å². The quantitative estimate of drug-likeness (QED) is 0.0218. The summed E-state index contributed by atoms with van der Waals surface area (Å²) in [4.78, 5) is 215. The fraction of sp³-hybridized carbons (Fsp3) is 0.397. The van der Waals surface area contributed by atoms with E-state index >= 15 is 19.2 Å². The second-order valence-corrected chi connectivity index (χ2v) is 30.3. The predicted octanol–water partition coefficient (Wildman–Crippen LogP) is -3.60. The molecule has 1 aliphatic heterocycles. The summed E-state index contributed by atoms with van der Waals surface area (Å²) in [6.07, 6.45) is -6.31. The SMILES string of the molecule is CC(O)[C@@H]1NC(=O)[C@H](Cc2ccccc2)NC(=O)[C@@H](C(C)O)NC(=O)[C@H](Cc2ccc(F)cc2)NC(=O)[C@H](n2ccc3ccccc32)NC(=O)[C@H](Cc2ccccc2)NC(=O)[C@H](Cc2ccccc2)NC(=O)[C@H](CC(N)=O)NC(=O)[C@H](CCCCN)NC(=O)[C@@H](NC(=O)CNC(=O)[C@H](C)N)CSSC[C@@H](C(=O)O)NC(=O)[C@H](CO)NC1=O. The number of para-hydroxylation sites is 1. The number of nitrogens with zero attached hydrogens (tertiary/aromatic N) is 1. The van der Waals surface area contributed by atoms with Crippen LogP contribution in [0.4, 0.5) is 4.39 Å². The third-order valence-electron chi connectivity index (χ3n) is 18.4. The average molecular weight is 1660 g/mol. The molecule has 23 N–H and O–H groups in total. The number of aliphatic hydroxyl groups is 3. The molecular weight excluding hydrogens is 1560 g/mol. The van der Waals surface area contributed by atoms with Gasteiger partial charge < -0.3 is 111 Å². The smallest absolute Gasteiger partial charge is 0.327 e. The molecule has 1 aromatic heterocycles. The van der Waals surface area contributed by atoms with Gasteiger partial charge in [-0.15, -0.1) is 0 Å². The number of halogens is 1. The third kappa shape index (κ3) is 29.1. The summed E-state index contributed by atoms with van der Waals surface area (Å²) in [5, 5.41) is 75.8. The van der Waals surface area contributed by atoms with Gasteiger partial charge in [-0.05, 0) is 98.5 Å². The molecule has 2 heterocycles. The lowest BCUT2D eigenvalue weighted by Crippen LogP contribution is -2.63. The summed E-state index contributed by atoms with van der Waals surface area (Å²) in [6, 6.07) is 16.2. The molecule has 0 saturated carbocycles. The lowest BCUT2D eigenvalue weighted by molar-refractivity contribution is -0.142. The maximum absolute atomic E-state index is 15.5. The number of rotatable bonds is 23. The molecule has 0 spiro atoms. The van der Waals surface area contributed by atoms with Crippen molar-refractivity contribution in [1.82, 2.24) is 73.7 Å². The van der Waals surface area contributed by atoms with Crippen molar-refractivity contribution < 1.29 is 96.7 Å². The van der Waals surface area contributed by atoms with Gasteiger partial charge in [0.1, 0.15) is 72.3 Å². The normalized spacial score (nSPS) is 23.5. The van der Waals surface area contributed by atoms with Crippen molar-refractivity contribution in [3.05, 3.63) is 180 Å². The van der Waals surface area contributed by atoms with Crippen molar-refractivity contribution >= 4 is 121 Å². The molecule has 15 atom stereocenters. The second kappa shape index (κ2) is 46.0. The fourth-order valence-electron chi connectivity index (χ4n) is 12.1. The highest BCUT2D eigenvalue weighted by molar-refractivity contribution is 8.76. The zero-order valence-corrected chi connectivity index (χ0v) is 65.7. The number of amides is 14. The zero-order valence-electron chi connectivity index (χ0n) is 64.1. The van der Waals surface area contributed by atoms with Gasteiger partial charge in [0.15, 0.2) is 6.17 Å². The third-order valence-corrected chi connectivity index (χ3v) is 20.8. The molecule has 5 aromatic carbocycles. The summed E-state index contributed by atoms with van der Waals surface area (Å²) in [7, 11) is 1.47. The Hall–Kier alpha value is -11.9. The van der Waals surface area contributed by atoms with E-state index in [9.17, 15) is 77.6 Å². The number of carbonyl (C=O) groups is 15. The number of carboxylic acids is 1. The number of nitrogens with one attached hydrogen (secondary N) is 13. The number of nitrogens with two attached hydrogens (primary N) is 3. The Bertz CT molecular complexity index is 4440. The number of benzene rings is 5. The van der Waals surface area contributed by atoms with Gasteiger partial charge in [-0.3, -0.25) is 67.1 Å². The van der Waals surface area contributed by atoms with Gasteiger partial charge in [0, 0.05) is 43.4 Å². The van der Waals surface area contributed by atoms with Gasteiger partial charge in [0.05, 0.1) is 43.3 Å². The second-order valence-electron chi connectivity index (χ2n) is 27.7. The number of aliphatic carboxylic acids is 1. The Morgan fingerprint density at radius 1 is 0.496 bits per heavy atom. The van der Waals surface area contributed by atoms with Crippen molar-refractivity contribution in [1.29, 1.82) is 0 Å². The number of hydrogen-bond acceptors (Lipinski definition) is 22. The Morgan fingerprint density at radius 2 is 0.915 bits per heavy atom. The van der Waals surface area contributed by atoms with E-state index in [4.69, 9.17) is 17.2 Å². The summed E-state index contributed by atoms with van der Waals surface area (Å²) in [5.41, 5.74) is 19.1. The van der Waals surface area contributed by atoms with Crippen molar-refractivity contribution in [2.45, 2.75) is 163 Å². The van der Waals surface area contributed by atoms with E-state index < -0.39 is 223 Å². The van der Waals surface area contributed by atoms with Crippen molar-refractivity contribution in [2.75, 3.05) is 31.2 Å². The Labute approximate surface area is 679 Å². The summed E-state index contributed by atoms with van der Waals surface area (Å²) >= 11 is 0. The van der Waals surface area contributed by atoms with Gasteiger partial charge in [-0.1, -0.05) is 143 Å². The van der Waals surface area contributed by atoms with E-state index in [1.165, 1.54) is 29.8 Å². The van der Waals surface area contributed by atoms with E-state index in [1.54, 1.807) is 121 Å². The van der Waals surface area contributed by atoms with Gasteiger partial charge in [0.2, 0.25) is 76.8 Å². The number of fused-ring (bicyclic) bond motifs is 1. The van der Waals surface area contributed by atoms with Gasteiger partial charge in [0.25, 0.3) is 5.91 Å². The number of carbonyl (C=O) groups excluding carboxylic acids is 14. The Morgan fingerprint density at radius 3 is 1.40 bits per heavy atom. The predicted molar refractivity (Wildman–Crippen MR) is 427 cm³/mol. The van der Waals surface area contributed by atoms with Crippen LogP contribution in [0.3, 0.4) is 0 Å². The summed E-state index contributed by atoms with van der Waals surface area (Å²) in [5.74, 6) is -19.1. The van der Waals surface area contributed by atoms with Crippen LogP contribution in [0.2, 0.25) is 0 Å². The zero-order chi connectivity index (χ0) is 85.4. The van der Waals surface area contributed by atoms with Crippen molar-refractivity contribution in [2.24, 2.45) is 17.2 Å². The summed E-state index contributed by atoms with van der Waals surface area (Å²) in [6.45, 7) is 1.65. The van der Waals surface area contributed by atoms with Gasteiger partial charge in [-0.25, -0.2) is 9.18 Å². The van der Waals surface area contributed by atoms with Crippen LogP contribution >= 0.6 is 21.6 Å². The minimum Gasteiger partial charge on any atom is -0.480 e. The van der Waals surface area contributed by atoms with E-state index in [1.807, 2.05) is 0 Å². The molecular formula is C78H98FN17O19S2. The molecule has 14 amide bonds. The van der Waals surface area contributed by atoms with Crippen molar-refractivity contribution in [3.8, 4) is 0 Å². The van der Waals surface area contributed by atoms with Gasteiger partial charge >= 0.3 is 5.97 Å². The van der Waals surface area contributed by atoms with Crippen LogP contribution in [0.5, 0.6) is 0 Å². The van der Waals surface area contributed by atoms with E-state index in [0.717, 1.165) is 47.6 Å². The molecule has 36 nitrogen and oxygen atoms in total. The highest BCUT2D eigenvalue weighted by Gasteiger charge is 2.40. The molecule has 117 heavy (non-hydrogen) atoms. The first-order chi connectivity index (χ1) is 55.8. The van der Waals surface area contributed by atoms with Crippen LogP contribution in [0.15, 0.2) is 152 Å². The first kappa shape index (κ1) is 92.3. The Kier molecular flexibility index (Phi) is 36.3. The number of primary amides is 1. The molecule has 1 saturated heterocycles. The monoisotopic (exact) mass is 1660 g/mol. The Balaban J connectivity index is 1.34.